The van der Waals surface area contributed by atoms with E-state index in [1.807, 2.05) is 19.1 Å². The Bertz CT molecular complexity index is 928. The van der Waals surface area contributed by atoms with Crippen molar-refractivity contribution >= 4 is 23.6 Å². The Labute approximate surface area is 186 Å². The van der Waals surface area contributed by atoms with E-state index in [9.17, 15) is 23.1 Å². The number of carbonyl (C=O) groups is 1. The Balaban J connectivity index is 0.00000280. The Morgan fingerprint density at radius 3 is 2.54 bits per heavy atom. The number of aliphatic carboxylic acids is 1. The molecular weight excluding hydrogens is 408 g/mol. The summed E-state index contributed by atoms with van der Waals surface area (Å²) in [6, 6.07) is 9.66. The predicted octanol–water partition coefficient (Wildman–Crippen LogP) is 1.16. The number of hydrogen-bond donors (Lipinski definition) is 0. The molecule has 1 unspecified atom stereocenters. The molecule has 142 valence electrons. The maximum absolute atomic E-state index is 13.2. The Hall–Kier alpha value is -1.67. The van der Waals surface area contributed by atoms with Gasteiger partial charge in [0.1, 0.15) is 17.2 Å². The van der Waals surface area contributed by atoms with Crippen molar-refractivity contribution in [2.75, 3.05) is 0 Å². The third kappa shape index (κ3) is 4.66. The average Bonchev–Trinajstić information content (AvgIpc) is 2.61. The number of ether oxygens (including phenoxy) is 2. The zero-order chi connectivity index (χ0) is 19.8. The summed E-state index contributed by atoms with van der Waals surface area (Å²) in [4.78, 5) is 11.1. The Morgan fingerprint density at radius 2 is 1.93 bits per heavy atom. The molecule has 2 aromatic rings. The number of para-hydroxylation sites is 1. The van der Waals surface area contributed by atoms with Crippen LogP contribution in [-0.4, -0.2) is 18.2 Å². The van der Waals surface area contributed by atoms with Gasteiger partial charge >= 0.3 is 35.7 Å². The predicted molar refractivity (Wildman–Crippen MR) is 90.8 cm³/mol. The molecule has 0 aromatic heterocycles. The van der Waals surface area contributed by atoms with Crippen molar-refractivity contribution in [2.24, 2.45) is 0 Å². The fourth-order valence-electron chi connectivity index (χ4n) is 2.70. The molecular formula is C19H13ClF3NaO4. The maximum atomic E-state index is 13.2. The van der Waals surface area contributed by atoms with Crippen LogP contribution in [0.1, 0.15) is 18.1 Å². The van der Waals surface area contributed by atoms with Gasteiger partial charge in [-0.25, -0.2) is 0 Å². The van der Waals surface area contributed by atoms with E-state index in [1.165, 1.54) is 12.1 Å². The van der Waals surface area contributed by atoms with Crippen LogP contribution in [0.4, 0.5) is 13.2 Å². The van der Waals surface area contributed by atoms with E-state index in [1.54, 1.807) is 12.1 Å². The van der Waals surface area contributed by atoms with Crippen molar-refractivity contribution in [1.29, 1.82) is 0 Å². The normalized spacial score (nSPS) is 15.6. The van der Waals surface area contributed by atoms with Crippen LogP contribution >= 0.6 is 11.6 Å². The minimum absolute atomic E-state index is 0. The third-order valence-corrected chi connectivity index (χ3v) is 4.30. The largest absolute Gasteiger partial charge is 1.00 e. The second kappa shape index (κ2) is 8.78. The van der Waals surface area contributed by atoms with Crippen LogP contribution in [0, 0.1) is 0 Å². The zero-order valence-electron chi connectivity index (χ0n) is 15.0. The topological polar surface area (TPSA) is 58.6 Å². The minimum Gasteiger partial charge on any atom is -0.545 e. The molecule has 1 heterocycles. The number of rotatable bonds is 4. The van der Waals surface area contributed by atoms with Crippen LogP contribution in [-0.2, 0) is 11.2 Å². The second-order valence-corrected chi connectivity index (χ2v) is 6.22. The summed E-state index contributed by atoms with van der Waals surface area (Å²) in [5.74, 6) is -1.54. The molecule has 0 amide bonds. The standard InChI is InChI=1S/C19H14ClF3O4.Na/c1-2-10-5-3-4-6-14(10)26-16-9-15-11(8-13(16)20)7-12(18(24)25)17(27-15)19(21,22)23;/h3-9,17H,2H2,1H3,(H,24,25);/q;+1/p-1. The smallest absolute Gasteiger partial charge is 0.545 e. The summed E-state index contributed by atoms with van der Waals surface area (Å²) < 4.78 is 50.1. The van der Waals surface area contributed by atoms with E-state index in [0.29, 0.717) is 12.2 Å². The Kier molecular flexibility index (Phi) is 7.09. The minimum atomic E-state index is -4.92. The number of fused-ring (bicyclic) bond motifs is 1. The fraction of sp³-hybridized carbons (Fsp3) is 0.211. The van der Waals surface area contributed by atoms with E-state index in [-0.39, 0.29) is 51.6 Å². The van der Waals surface area contributed by atoms with Crippen LogP contribution in [0.5, 0.6) is 17.2 Å². The number of carboxylic acid groups (broad SMARTS) is 1. The number of benzene rings is 2. The van der Waals surface area contributed by atoms with Crippen LogP contribution in [0.25, 0.3) is 6.08 Å². The molecule has 3 rings (SSSR count). The van der Waals surface area contributed by atoms with E-state index in [2.05, 4.69) is 0 Å². The number of hydrogen-bond acceptors (Lipinski definition) is 4. The quantitative estimate of drug-likeness (QED) is 0.697. The fourth-order valence-corrected chi connectivity index (χ4v) is 2.91. The molecule has 0 bridgehead atoms. The first-order valence-corrected chi connectivity index (χ1v) is 8.34. The van der Waals surface area contributed by atoms with Gasteiger partial charge in [-0.2, -0.15) is 13.2 Å². The van der Waals surface area contributed by atoms with E-state index in [4.69, 9.17) is 21.1 Å². The first kappa shape index (κ1) is 22.6. The van der Waals surface area contributed by atoms with Gasteiger partial charge in [0.15, 0.2) is 0 Å². The van der Waals surface area contributed by atoms with Crippen LogP contribution in [0.15, 0.2) is 42.0 Å². The molecule has 1 aliphatic rings. The van der Waals surface area contributed by atoms with Crippen molar-refractivity contribution in [3.05, 3.63) is 58.1 Å². The number of carboxylic acids is 1. The molecule has 28 heavy (non-hydrogen) atoms. The number of aryl methyl sites for hydroxylation is 1. The molecule has 0 spiro atoms. The van der Waals surface area contributed by atoms with Crippen LogP contribution < -0.4 is 44.1 Å². The van der Waals surface area contributed by atoms with Crippen molar-refractivity contribution in [3.63, 3.8) is 0 Å². The van der Waals surface area contributed by atoms with Gasteiger partial charge in [-0.05, 0) is 30.2 Å². The molecule has 0 radical (unpaired) electrons. The van der Waals surface area contributed by atoms with Crippen molar-refractivity contribution in [1.82, 2.24) is 0 Å². The van der Waals surface area contributed by atoms with Gasteiger partial charge in [-0.15, -0.1) is 0 Å². The van der Waals surface area contributed by atoms with Crippen LogP contribution in [0.2, 0.25) is 5.02 Å². The first-order valence-electron chi connectivity index (χ1n) is 7.96. The zero-order valence-corrected chi connectivity index (χ0v) is 17.7. The van der Waals surface area contributed by atoms with Crippen molar-refractivity contribution in [3.8, 4) is 17.2 Å². The molecule has 0 aliphatic carbocycles. The summed E-state index contributed by atoms with van der Waals surface area (Å²) in [7, 11) is 0. The molecule has 0 fully saturated rings. The van der Waals surface area contributed by atoms with E-state index < -0.39 is 23.8 Å². The molecule has 1 aliphatic heterocycles. The number of carbonyl (C=O) groups excluding carboxylic acids is 1. The third-order valence-electron chi connectivity index (χ3n) is 4.01. The molecule has 0 N–H and O–H groups in total. The van der Waals surface area contributed by atoms with Gasteiger partial charge < -0.3 is 19.4 Å². The van der Waals surface area contributed by atoms with Crippen LogP contribution in [0.3, 0.4) is 0 Å². The van der Waals surface area contributed by atoms with Gasteiger partial charge in [0.05, 0.1) is 11.0 Å². The molecule has 9 heteroatoms. The van der Waals surface area contributed by atoms with Gasteiger partial charge in [-0.3, -0.25) is 0 Å². The second-order valence-electron chi connectivity index (χ2n) is 5.81. The van der Waals surface area contributed by atoms with Gasteiger partial charge in [0.2, 0.25) is 6.10 Å². The number of alkyl halides is 3. The molecule has 2 aromatic carbocycles. The molecule has 1 atom stereocenters. The summed E-state index contributed by atoms with van der Waals surface area (Å²) in [5.41, 5.74) is -0.0357. The first-order chi connectivity index (χ1) is 12.7. The monoisotopic (exact) mass is 420 g/mol. The summed E-state index contributed by atoms with van der Waals surface area (Å²) in [6.07, 6.45) is -6.02. The van der Waals surface area contributed by atoms with E-state index >= 15 is 0 Å². The summed E-state index contributed by atoms with van der Waals surface area (Å²) in [5, 5.41) is 11.2. The van der Waals surface area contributed by atoms with Gasteiger partial charge in [0.25, 0.3) is 0 Å². The van der Waals surface area contributed by atoms with Gasteiger partial charge in [-0.1, -0.05) is 36.7 Å². The molecule has 0 saturated carbocycles. The van der Waals surface area contributed by atoms with E-state index in [0.717, 1.165) is 11.6 Å². The number of halogens is 4. The van der Waals surface area contributed by atoms with Crippen molar-refractivity contribution in [2.45, 2.75) is 25.6 Å². The summed E-state index contributed by atoms with van der Waals surface area (Å²) >= 11 is 6.17. The average molecular weight is 421 g/mol. The molecule has 4 nitrogen and oxygen atoms in total. The Morgan fingerprint density at radius 1 is 1.25 bits per heavy atom. The van der Waals surface area contributed by atoms with Gasteiger partial charge in [0, 0.05) is 17.2 Å². The SMILES string of the molecule is CCc1ccccc1Oc1cc2c(cc1Cl)C=C(C(=O)[O-])C(C(F)(F)F)O2.[Na+]. The van der Waals surface area contributed by atoms with Crippen molar-refractivity contribution < 1.29 is 62.1 Å². The summed E-state index contributed by atoms with van der Waals surface area (Å²) in [6.45, 7) is 1.93. The molecule has 0 saturated heterocycles. The maximum Gasteiger partial charge on any atom is 1.00 e.